The highest BCUT2D eigenvalue weighted by Crippen LogP contribution is 2.49. The lowest BCUT2D eigenvalue weighted by Gasteiger charge is -2.37. The molecule has 0 saturated carbocycles. The van der Waals surface area contributed by atoms with Crippen LogP contribution < -0.4 is 21.1 Å². The molecule has 6 N–H and O–H groups in total. The molecule has 1 aliphatic carbocycles. The molecule has 2 aromatic carbocycles. The number of aliphatic carboxylic acids is 2. The topological polar surface area (TPSA) is 195 Å². The number of allylic oxidation sites excluding steroid dienone is 2. The molecule has 17 heteroatoms. The van der Waals surface area contributed by atoms with E-state index in [1.54, 1.807) is 49.5 Å². The summed E-state index contributed by atoms with van der Waals surface area (Å²) >= 11 is 6.13. The van der Waals surface area contributed by atoms with E-state index in [-0.39, 0.29) is 52.0 Å². The molecule has 6 rings (SSSR count). The summed E-state index contributed by atoms with van der Waals surface area (Å²) < 4.78 is 50.2. The molecule has 3 heterocycles. The highest BCUT2D eigenvalue weighted by atomic mass is 35.5. The molecule has 1 amide bonds. The third-order valence-electron chi connectivity index (χ3n) is 9.37. The Morgan fingerprint density at radius 1 is 1.13 bits per heavy atom. The number of nitrogens with one attached hydrogen (secondary N) is 2. The van der Waals surface area contributed by atoms with Gasteiger partial charge in [0.25, 0.3) is 5.91 Å². The first-order chi connectivity index (χ1) is 25.6. The van der Waals surface area contributed by atoms with E-state index in [0.29, 0.717) is 42.6 Å². The molecule has 2 aliphatic rings. The van der Waals surface area contributed by atoms with Crippen LogP contribution in [0.15, 0.2) is 72.9 Å². The van der Waals surface area contributed by atoms with Crippen LogP contribution >= 0.6 is 11.6 Å². The van der Waals surface area contributed by atoms with Crippen molar-refractivity contribution in [2.75, 3.05) is 12.3 Å². The number of benzene rings is 2. The summed E-state index contributed by atoms with van der Waals surface area (Å²) in [7, 11) is 0. The third-order valence-corrected chi connectivity index (χ3v) is 9.61. The number of carboxylic acids is 2. The lowest BCUT2D eigenvalue weighted by atomic mass is 9.68. The molecular weight excluding hydrogens is 731 g/mol. The number of ether oxygens (including phenoxy) is 1. The molecule has 13 nitrogen and oxygen atoms in total. The zero-order valence-corrected chi connectivity index (χ0v) is 30.1. The van der Waals surface area contributed by atoms with Gasteiger partial charge >= 0.3 is 18.1 Å². The van der Waals surface area contributed by atoms with E-state index in [2.05, 4.69) is 25.7 Å². The van der Waals surface area contributed by atoms with Gasteiger partial charge in [-0.25, -0.2) is 9.67 Å². The number of aryl methyl sites for hydroxylation is 1. The molecular formula is C37H39ClF3N7O6. The van der Waals surface area contributed by atoms with Crippen molar-refractivity contribution >= 4 is 41.0 Å². The quantitative estimate of drug-likeness (QED) is 0.124. The number of nitrogens with two attached hydrogens (primary N) is 1. The number of alkyl halides is 3. The lowest BCUT2D eigenvalue weighted by molar-refractivity contribution is -0.198. The smallest absolute Gasteiger partial charge is 0.429 e. The Bertz CT molecular complexity index is 2030. The zero-order chi connectivity index (χ0) is 39.2. The fourth-order valence-electron chi connectivity index (χ4n) is 6.81. The van der Waals surface area contributed by atoms with Gasteiger partial charge in [-0.2, -0.15) is 23.3 Å². The van der Waals surface area contributed by atoms with Crippen molar-refractivity contribution < 1.29 is 42.5 Å². The minimum Gasteiger partial charge on any atom is -0.480 e. The van der Waals surface area contributed by atoms with Gasteiger partial charge in [-0.1, -0.05) is 48.9 Å². The zero-order valence-electron chi connectivity index (χ0n) is 29.3. The second-order valence-corrected chi connectivity index (χ2v) is 13.5. The van der Waals surface area contributed by atoms with E-state index in [4.69, 9.17) is 27.2 Å². The molecule has 2 aromatic heterocycles. The van der Waals surface area contributed by atoms with Crippen molar-refractivity contribution in [3.8, 4) is 11.6 Å². The number of hydrogen-bond acceptors (Lipinski definition) is 9. The first-order valence-electron chi connectivity index (χ1n) is 17.0. The van der Waals surface area contributed by atoms with Gasteiger partial charge in [0.1, 0.15) is 12.6 Å². The average molecular weight is 770 g/mol. The van der Waals surface area contributed by atoms with Crippen LogP contribution in [0.2, 0.25) is 5.02 Å². The van der Waals surface area contributed by atoms with Crippen molar-refractivity contribution in [1.82, 2.24) is 30.4 Å². The Labute approximate surface area is 313 Å². The van der Waals surface area contributed by atoms with Gasteiger partial charge in [0.2, 0.25) is 17.9 Å². The number of carbonyl (C=O) groups is 3. The number of hydrogen-bond donors (Lipinski definition) is 5. The Kier molecular flexibility index (Phi) is 12.3. The summed E-state index contributed by atoms with van der Waals surface area (Å²) in [6, 6.07) is 14.9. The number of nitrogen functional groups attached to an aromatic ring is 1. The highest BCUT2D eigenvalue weighted by molar-refractivity contribution is 6.30. The molecule has 54 heavy (non-hydrogen) atoms. The van der Waals surface area contributed by atoms with Gasteiger partial charge in [0.05, 0.1) is 17.1 Å². The van der Waals surface area contributed by atoms with Gasteiger partial charge < -0.3 is 31.3 Å². The van der Waals surface area contributed by atoms with Crippen LogP contribution in [-0.2, 0) is 9.59 Å². The number of carbonyl (C=O) groups excluding carboxylic acids is 1. The molecule has 4 aromatic rings. The summed E-state index contributed by atoms with van der Waals surface area (Å²) in [4.78, 5) is 41.1. The maximum Gasteiger partial charge on any atom is 0.429 e. The summed E-state index contributed by atoms with van der Waals surface area (Å²) in [5.41, 5.74) is 7.88. The van der Waals surface area contributed by atoms with Gasteiger partial charge in [-0.3, -0.25) is 14.4 Å². The fourth-order valence-corrected chi connectivity index (χ4v) is 6.98. The standard InChI is InChI=1S/C28H30ClF3N6O3.C9H9NO3/c1-3-22-27(14-20(34-22)25(39)40)9-6-16(7-10-27)19-13-23(36-26(33)35-19)41-24(28(30,31)32)18-5-4-17(29)12-21(18)38-11-8-15(2)37-38;11-8(12)6-10-9(13)7-4-2-1-3-5-7/h4-6,8,11-13,20,22,24,34H,3,7,9-10,14H2,1-2H3,(H,39,40)(H2,33,35,36);1-5H,6H2,(H,10,13)(H,11,12)/t20?,22?,24-,27?;/m1./s1. The molecule has 1 saturated heterocycles. The molecule has 3 unspecified atom stereocenters. The Balaban J connectivity index is 0.000000365. The summed E-state index contributed by atoms with van der Waals surface area (Å²) in [6.45, 7) is 3.39. The minimum atomic E-state index is -4.81. The van der Waals surface area contributed by atoms with Crippen molar-refractivity contribution in [1.29, 1.82) is 0 Å². The second-order valence-electron chi connectivity index (χ2n) is 13.1. The fraction of sp³-hybridized carbons (Fsp3) is 0.351. The SMILES string of the molecule is CCC1NC(C(=O)O)CC12CC=C(c1cc(O[C@H](c3ccc(Cl)cc3-n3ccc(C)n3)C(F)(F)F)nc(N)n1)CC2.O=C(O)CNC(=O)c1ccccc1. The number of aromatic nitrogens is 4. The van der Waals surface area contributed by atoms with E-state index >= 15 is 0 Å². The molecule has 286 valence electrons. The Hall–Kier alpha value is -5.48. The van der Waals surface area contributed by atoms with Crippen molar-refractivity contribution in [3.05, 3.63) is 100 Å². The molecule has 1 spiro atoms. The van der Waals surface area contributed by atoms with Crippen LogP contribution in [0.5, 0.6) is 5.88 Å². The van der Waals surface area contributed by atoms with Crippen molar-refractivity contribution in [3.63, 3.8) is 0 Å². The maximum absolute atomic E-state index is 14.5. The molecule has 1 fully saturated rings. The van der Waals surface area contributed by atoms with Crippen LogP contribution in [0.25, 0.3) is 11.3 Å². The van der Waals surface area contributed by atoms with E-state index in [1.165, 1.54) is 28.9 Å². The van der Waals surface area contributed by atoms with E-state index in [1.807, 2.05) is 13.0 Å². The van der Waals surface area contributed by atoms with Crippen LogP contribution in [-0.4, -0.2) is 72.6 Å². The number of amides is 1. The predicted octanol–water partition coefficient (Wildman–Crippen LogP) is 6.17. The third kappa shape index (κ3) is 9.54. The summed E-state index contributed by atoms with van der Waals surface area (Å²) in [6.07, 6.45) is -0.517. The summed E-state index contributed by atoms with van der Waals surface area (Å²) in [5.74, 6) is -2.84. The number of halogens is 4. The van der Waals surface area contributed by atoms with Gasteiger partial charge in [0, 0.05) is 34.5 Å². The normalized spacial score (nSPS) is 20.0. The van der Waals surface area contributed by atoms with Gasteiger partial charge in [-0.05, 0) is 80.3 Å². The maximum atomic E-state index is 14.5. The van der Waals surface area contributed by atoms with Gasteiger partial charge in [-0.15, -0.1) is 0 Å². The lowest BCUT2D eigenvalue weighted by Crippen LogP contribution is -2.39. The Morgan fingerprint density at radius 3 is 2.46 bits per heavy atom. The van der Waals surface area contributed by atoms with Crippen LogP contribution in [0.1, 0.15) is 72.4 Å². The largest absolute Gasteiger partial charge is 0.480 e. The molecule has 0 bridgehead atoms. The Morgan fingerprint density at radius 2 is 1.87 bits per heavy atom. The number of rotatable bonds is 10. The van der Waals surface area contributed by atoms with Crippen molar-refractivity contribution in [2.45, 2.75) is 70.3 Å². The predicted molar refractivity (Wildman–Crippen MR) is 193 cm³/mol. The molecule has 0 radical (unpaired) electrons. The molecule has 1 aliphatic heterocycles. The van der Waals surface area contributed by atoms with Crippen LogP contribution in [0, 0.1) is 12.3 Å². The first-order valence-corrected chi connectivity index (χ1v) is 17.4. The monoisotopic (exact) mass is 769 g/mol. The van der Waals surface area contributed by atoms with Crippen molar-refractivity contribution in [2.24, 2.45) is 5.41 Å². The average Bonchev–Trinajstić information content (AvgIpc) is 3.73. The minimum absolute atomic E-state index is 0.0513. The summed E-state index contributed by atoms with van der Waals surface area (Å²) in [5, 5.41) is 27.8. The second kappa shape index (κ2) is 16.7. The van der Waals surface area contributed by atoms with Crippen LogP contribution in [0.3, 0.4) is 0 Å². The van der Waals surface area contributed by atoms with E-state index in [9.17, 15) is 32.7 Å². The number of nitrogens with zero attached hydrogens (tertiary/aromatic N) is 4. The number of anilines is 1. The van der Waals surface area contributed by atoms with Crippen LogP contribution in [0.4, 0.5) is 19.1 Å². The van der Waals surface area contributed by atoms with E-state index < -0.39 is 30.3 Å². The number of carboxylic acid groups (broad SMARTS) is 2. The molecule has 4 atom stereocenters. The first kappa shape index (κ1) is 39.7. The highest BCUT2D eigenvalue weighted by Gasteiger charge is 2.49. The van der Waals surface area contributed by atoms with E-state index in [0.717, 1.165) is 12.0 Å². The van der Waals surface area contributed by atoms with Gasteiger partial charge in [0.15, 0.2) is 0 Å².